The quantitative estimate of drug-likeness (QED) is 0.637. The lowest BCUT2D eigenvalue weighted by molar-refractivity contribution is -0.138. The summed E-state index contributed by atoms with van der Waals surface area (Å²) in [4.78, 5) is 17.8. The fourth-order valence-electron chi connectivity index (χ4n) is 4.73. The summed E-state index contributed by atoms with van der Waals surface area (Å²) < 4.78 is 11.5. The van der Waals surface area contributed by atoms with Gasteiger partial charge in [0.2, 0.25) is 11.8 Å². The number of amides is 1. The first kappa shape index (κ1) is 21.9. The number of anilines is 1. The van der Waals surface area contributed by atoms with Crippen LogP contribution in [0.3, 0.4) is 0 Å². The van der Waals surface area contributed by atoms with Crippen molar-refractivity contribution in [2.45, 2.75) is 65.5 Å². The molecule has 1 aromatic carbocycles. The SMILES string of the molecule is CC[C@@H](C)N(Cc1c(-c2cccc(C)c2)noc1N1CCOCC1)C(=O)C1CCCC1. The monoisotopic (exact) mass is 425 g/mol. The smallest absolute Gasteiger partial charge is 0.233 e. The van der Waals surface area contributed by atoms with Gasteiger partial charge in [-0.05, 0) is 39.2 Å². The van der Waals surface area contributed by atoms with Gasteiger partial charge in [-0.25, -0.2) is 0 Å². The zero-order valence-corrected chi connectivity index (χ0v) is 19.1. The van der Waals surface area contributed by atoms with Crippen molar-refractivity contribution in [2.24, 2.45) is 5.92 Å². The zero-order valence-electron chi connectivity index (χ0n) is 19.1. The van der Waals surface area contributed by atoms with E-state index in [0.717, 1.165) is 67.9 Å². The minimum Gasteiger partial charge on any atom is -0.378 e. The summed E-state index contributed by atoms with van der Waals surface area (Å²) >= 11 is 0. The Morgan fingerprint density at radius 2 is 2.00 bits per heavy atom. The normalized spacial score (nSPS) is 18.4. The highest BCUT2D eigenvalue weighted by Gasteiger charge is 2.33. The highest BCUT2D eigenvalue weighted by molar-refractivity contribution is 5.80. The number of morpholine rings is 1. The van der Waals surface area contributed by atoms with Gasteiger partial charge in [-0.1, -0.05) is 48.7 Å². The van der Waals surface area contributed by atoms with E-state index in [2.05, 4.69) is 53.9 Å². The molecular formula is C25H35N3O3. The van der Waals surface area contributed by atoms with Crippen LogP contribution < -0.4 is 4.90 Å². The molecule has 0 bridgehead atoms. The Morgan fingerprint density at radius 3 is 2.68 bits per heavy atom. The summed E-state index contributed by atoms with van der Waals surface area (Å²) in [6, 6.07) is 8.51. The van der Waals surface area contributed by atoms with Gasteiger partial charge in [0.25, 0.3) is 0 Å². The van der Waals surface area contributed by atoms with E-state index in [1.54, 1.807) is 0 Å². The van der Waals surface area contributed by atoms with Crippen molar-refractivity contribution in [1.29, 1.82) is 0 Å². The second-order valence-corrected chi connectivity index (χ2v) is 8.99. The number of nitrogens with zero attached hydrogens (tertiary/aromatic N) is 3. The number of carbonyl (C=O) groups is 1. The van der Waals surface area contributed by atoms with Crippen LogP contribution in [0.15, 0.2) is 28.8 Å². The summed E-state index contributed by atoms with van der Waals surface area (Å²) in [5.74, 6) is 1.23. The molecule has 31 heavy (non-hydrogen) atoms. The lowest BCUT2D eigenvalue weighted by Crippen LogP contribution is -2.42. The van der Waals surface area contributed by atoms with Crippen LogP contribution >= 0.6 is 0 Å². The van der Waals surface area contributed by atoms with Gasteiger partial charge < -0.3 is 19.1 Å². The van der Waals surface area contributed by atoms with Crippen LogP contribution in [0.25, 0.3) is 11.3 Å². The largest absolute Gasteiger partial charge is 0.378 e. The molecule has 6 nitrogen and oxygen atoms in total. The molecule has 2 fully saturated rings. The van der Waals surface area contributed by atoms with Crippen LogP contribution in [0.2, 0.25) is 0 Å². The van der Waals surface area contributed by atoms with E-state index in [4.69, 9.17) is 9.26 Å². The lowest BCUT2D eigenvalue weighted by Gasteiger charge is -2.32. The van der Waals surface area contributed by atoms with Crippen LogP contribution in [0.5, 0.6) is 0 Å². The first-order valence-corrected chi connectivity index (χ1v) is 11.8. The predicted molar refractivity (Wildman–Crippen MR) is 122 cm³/mol. The lowest BCUT2D eigenvalue weighted by atomic mass is 10.0. The molecule has 0 radical (unpaired) electrons. The Bertz CT molecular complexity index is 882. The third-order valence-corrected chi connectivity index (χ3v) is 6.80. The number of hydrogen-bond acceptors (Lipinski definition) is 5. The van der Waals surface area contributed by atoms with Gasteiger partial charge in [0.15, 0.2) is 0 Å². The summed E-state index contributed by atoms with van der Waals surface area (Å²) in [5, 5.41) is 4.50. The Hall–Kier alpha value is -2.34. The molecule has 1 saturated carbocycles. The molecule has 168 valence electrons. The Morgan fingerprint density at radius 1 is 1.26 bits per heavy atom. The molecule has 0 spiro atoms. The predicted octanol–water partition coefficient (Wildman–Crippen LogP) is 4.80. The number of aromatic nitrogens is 1. The summed E-state index contributed by atoms with van der Waals surface area (Å²) in [6.45, 7) is 9.82. The number of aryl methyl sites for hydroxylation is 1. The maximum atomic E-state index is 13.5. The average molecular weight is 426 g/mol. The minimum absolute atomic E-state index is 0.156. The van der Waals surface area contributed by atoms with Gasteiger partial charge >= 0.3 is 0 Å². The standard InChI is InChI=1S/C25H35N3O3/c1-4-19(3)28(24(29)20-9-5-6-10-20)17-22-23(21-11-7-8-18(2)16-21)26-31-25(22)27-12-14-30-15-13-27/h7-8,11,16,19-20H,4-6,9-10,12-15,17H2,1-3H3/t19-/m1/s1. The molecule has 1 amide bonds. The van der Waals surface area contributed by atoms with Gasteiger partial charge in [0.1, 0.15) is 5.69 Å². The molecule has 1 aliphatic carbocycles. The fourth-order valence-corrected chi connectivity index (χ4v) is 4.73. The topological polar surface area (TPSA) is 58.8 Å². The van der Waals surface area contributed by atoms with Gasteiger partial charge in [-0.15, -0.1) is 0 Å². The van der Waals surface area contributed by atoms with E-state index in [-0.39, 0.29) is 17.9 Å². The van der Waals surface area contributed by atoms with E-state index in [1.165, 1.54) is 5.56 Å². The van der Waals surface area contributed by atoms with Crippen LogP contribution in [0, 0.1) is 12.8 Å². The molecule has 1 atom stereocenters. The van der Waals surface area contributed by atoms with E-state index in [1.807, 2.05) is 6.07 Å². The second kappa shape index (κ2) is 9.86. The molecule has 1 aromatic heterocycles. The molecule has 1 aliphatic heterocycles. The van der Waals surface area contributed by atoms with E-state index >= 15 is 0 Å². The van der Waals surface area contributed by atoms with Crippen molar-refractivity contribution in [3.63, 3.8) is 0 Å². The number of carbonyl (C=O) groups excluding carboxylic acids is 1. The first-order valence-electron chi connectivity index (χ1n) is 11.8. The summed E-state index contributed by atoms with van der Waals surface area (Å²) in [6.07, 6.45) is 5.26. The molecule has 4 rings (SSSR count). The van der Waals surface area contributed by atoms with Gasteiger partial charge in [-0.3, -0.25) is 4.79 Å². The number of ether oxygens (including phenoxy) is 1. The second-order valence-electron chi connectivity index (χ2n) is 8.99. The van der Waals surface area contributed by atoms with Crippen molar-refractivity contribution in [3.8, 4) is 11.3 Å². The number of hydrogen-bond donors (Lipinski definition) is 0. The molecule has 0 N–H and O–H groups in total. The molecule has 0 unspecified atom stereocenters. The molecule has 2 heterocycles. The third kappa shape index (κ3) is 4.79. The van der Waals surface area contributed by atoms with Crippen LogP contribution in [0.1, 0.15) is 57.1 Å². The van der Waals surface area contributed by atoms with E-state index in [0.29, 0.717) is 19.8 Å². The van der Waals surface area contributed by atoms with E-state index < -0.39 is 0 Å². The van der Waals surface area contributed by atoms with Crippen LogP contribution in [0.4, 0.5) is 5.88 Å². The Balaban J connectivity index is 1.72. The zero-order chi connectivity index (χ0) is 21.8. The maximum Gasteiger partial charge on any atom is 0.233 e. The summed E-state index contributed by atoms with van der Waals surface area (Å²) in [5.41, 5.74) is 4.08. The number of benzene rings is 1. The summed E-state index contributed by atoms with van der Waals surface area (Å²) in [7, 11) is 0. The molecule has 2 aliphatic rings. The Kier molecular flexibility index (Phi) is 6.96. The van der Waals surface area contributed by atoms with Crippen molar-refractivity contribution < 1.29 is 14.1 Å². The minimum atomic E-state index is 0.156. The van der Waals surface area contributed by atoms with Gasteiger partial charge in [0.05, 0.1) is 25.3 Å². The highest BCUT2D eigenvalue weighted by Crippen LogP contribution is 2.35. The molecule has 6 heteroatoms. The van der Waals surface area contributed by atoms with Gasteiger partial charge in [0, 0.05) is 30.6 Å². The van der Waals surface area contributed by atoms with Crippen LogP contribution in [-0.2, 0) is 16.1 Å². The maximum absolute atomic E-state index is 13.5. The van der Waals surface area contributed by atoms with Crippen LogP contribution in [-0.4, -0.2) is 48.3 Å². The van der Waals surface area contributed by atoms with E-state index in [9.17, 15) is 4.79 Å². The van der Waals surface area contributed by atoms with Gasteiger partial charge in [-0.2, -0.15) is 0 Å². The number of rotatable bonds is 7. The van der Waals surface area contributed by atoms with Crippen molar-refractivity contribution in [2.75, 3.05) is 31.2 Å². The van der Waals surface area contributed by atoms with Crippen molar-refractivity contribution >= 4 is 11.8 Å². The van der Waals surface area contributed by atoms with Crippen molar-refractivity contribution in [1.82, 2.24) is 10.1 Å². The fraction of sp³-hybridized carbons (Fsp3) is 0.600. The first-order chi connectivity index (χ1) is 15.1. The molecule has 1 saturated heterocycles. The molecule has 2 aromatic rings. The third-order valence-electron chi connectivity index (χ3n) is 6.80. The molecular weight excluding hydrogens is 390 g/mol. The Labute approximate surface area is 185 Å². The highest BCUT2D eigenvalue weighted by atomic mass is 16.5. The van der Waals surface area contributed by atoms with Crippen molar-refractivity contribution in [3.05, 3.63) is 35.4 Å². The average Bonchev–Trinajstić information content (AvgIpc) is 3.47.